The third-order valence-corrected chi connectivity index (χ3v) is 4.97. The summed E-state index contributed by atoms with van der Waals surface area (Å²) in [6.45, 7) is 3.83. The van der Waals surface area contributed by atoms with Crippen LogP contribution in [0.1, 0.15) is 34.6 Å². The average Bonchev–Trinajstić information content (AvgIpc) is 3.13. The van der Waals surface area contributed by atoms with Gasteiger partial charge in [-0.15, -0.1) is 0 Å². The molecule has 0 unspecified atom stereocenters. The second-order valence-electron chi connectivity index (χ2n) is 7.36. The first-order valence-electron chi connectivity index (χ1n) is 9.76. The summed E-state index contributed by atoms with van der Waals surface area (Å²) < 4.78 is 10.9. The van der Waals surface area contributed by atoms with Crippen molar-refractivity contribution in [3.05, 3.63) is 47.3 Å². The van der Waals surface area contributed by atoms with Crippen molar-refractivity contribution in [3.8, 4) is 5.75 Å². The van der Waals surface area contributed by atoms with Crippen molar-refractivity contribution >= 4 is 11.8 Å². The topological polar surface area (TPSA) is 87.8 Å². The number of aromatic nitrogens is 2. The Hall–Kier alpha value is -2.87. The van der Waals surface area contributed by atoms with Crippen molar-refractivity contribution in [3.63, 3.8) is 0 Å². The number of ether oxygens (including phenoxy) is 2. The number of hydrogen-bond acceptors (Lipinski definition) is 5. The van der Waals surface area contributed by atoms with Crippen LogP contribution in [0.15, 0.2) is 30.3 Å². The van der Waals surface area contributed by atoms with Gasteiger partial charge in [0.1, 0.15) is 18.5 Å². The van der Waals surface area contributed by atoms with Gasteiger partial charge < -0.3 is 19.3 Å². The van der Waals surface area contributed by atoms with Crippen LogP contribution < -0.4 is 4.74 Å². The Morgan fingerprint density at radius 1 is 1.24 bits per heavy atom. The molecule has 0 atom stereocenters. The Balaban J connectivity index is 1.50. The van der Waals surface area contributed by atoms with Gasteiger partial charge in [0.2, 0.25) is 5.91 Å². The molecule has 0 radical (unpaired) electrons. The van der Waals surface area contributed by atoms with Gasteiger partial charge in [-0.3, -0.25) is 14.7 Å². The van der Waals surface area contributed by atoms with E-state index in [1.807, 2.05) is 30.0 Å². The van der Waals surface area contributed by atoms with E-state index >= 15 is 0 Å². The summed E-state index contributed by atoms with van der Waals surface area (Å²) in [7, 11) is 3.29. The summed E-state index contributed by atoms with van der Waals surface area (Å²) in [6, 6.07) is 9.13. The Morgan fingerprint density at radius 2 is 1.93 bits per heavy atom. The molecule has 0 bridgehead atoms. The molecule has 156 valence electrons. The molecule has 1 aliphatic heterocycles. The summed E-state index contributed by atoms with van der Waals surface area (Å²) in [5.74, 6) is 0.680. The Morgan fingerprint density at radius 3 is 2.52 bits per heavy atom. The van der Waals surface area contributed by atoms with Crippen molar-refractivity contribution < 1.29 is 19.1 Å². The molecule has 1 aromatic carbocycles. The maximum Gasteiger partial charge on any atom is 0.253 e. The lowest BCUT2D eigenvalue weighted by atomic mass is 10.1. The van der Waals surface area contributed by atoms with E-state index in [1.54, 1.807) is 24.1 Å². The van der Waals surface area contributed by atoms with Crippen molar-refractivity contribution in [2.45, 2.75) is 32.4 Å². The van der Waals surface area contributed by atoms with Crippen LogP contribution in [-0.2, 0) is 16.1 Å². The van der Waals surface area contributed by atoms with Gasteiger partial charge in [-0.2, -0.15) is 5.10 Å². The van der Waals surface area contributed by atoms with Gasteiger partial charge in [-0.1, -0.05) is 0 Å². The Kier molecular flexibility index (Phi) is 6.87. The molecule has 1 aliphatic rings. The fourth-order valence-corrected chi connectivity index (χ4v) is 3.40. The van der Waals surface area contributed by atoms with Crippen molar-refractivity contribution in [1.82, 2.24) is 20.0 Å². The summed E-state index contributed by atoms with van der Waals surface area (Å²) in [5.41, 5.74) is 2.40. The van der Waals surface area contributed by atoms with E-state index in [2.05, 4.69) is 10.2 Å². The number of aromatic amines is 1. The van der Waals surface area contributed by atoms with Crippen LogP contribution in [0.25, 0.3) is 0 Å². The minimum Gasteiger partial charge on any atom is -0.490 e. The minimum atomic E-state index is -0.0674. The molecule has 1 fully saturated rings. The van der Waals surface area contributed by atoms with Gasteiger partial charge in [0.05, 0.1) is 12.2 Å². The lowest BCUT2D eigenvalue weighted by Crippen LogP contribution is -2.43. The van der Waals surface area contributed by atoms with Crippen LogP contribution in [-0.4, -0.2) is 71.8 Å². The zero-order valence-electron chi connectivity index (χ0n) is 17.2. The average molecular weight is 400 g/mol. The number of nitrogens with one attached hydrogen (secondary N) is 1. The molecule has 0 aliphatic carbocycles. The first kappa shape index (κ1) is 20.9. The number of rotatable bonds is 7. The fourth-order valence-electron chi connectivity index (χ4n) is 3.40. The van der Waals surface area contributed by atoms with E-state index in [0.29, 0.717) is 25.2 Å². The Bertz CT molecular complexity index is 825. The number of piperidine rings is 1. The highest BCUT2D eigenvalue weighted by molar-refractivity contribution is 5.94. The molecule has 1 N–H and O–H groups in total. The molecule has 2 heterocycles. The van der Waals surface area contributed by atoms with E-state index in [0.717, 1.165) is 30.0 Å². The number of nitrogens with zero attached hydrogens (tertiary/aromatic N) is 3. The third-order valence-electron chi connectivity index (χ3n) is 4.97. The van der Waals surface area contributed by atoms with Gasteiger partial charge in [-0.05, 0) is 37.3 Å². The number of likely N-dealkylation sites (tertiary alicyclic amines) is 1. The van der Waals surface area contributed by atoms with E-state index in [-0.39, 0.29) is 24.5 Å². The molecule has 2 amide bonds. The van der Waals surface area contributed by atoms with E-state index in [4.69, 9.17) is 9.47 Å². The number of carbonyl (C=O) groups is 2. The standard InChI is InChI=1S/C21H28N4O4/c1-15-12-17(23-22-15)13-24(2)21(27)16-4-6-18(7-5-16)29-19-8-10-25(11-9-19)20(26)14-28-3/h4-7,12,19H,8-11,13-14H2,1-3H3,(H,22,23). The summed E-state index contributed by atoms with van der Waals surface area (Å²) >= 11 is 0. The maximum absolute atomic E-state index is 12.6. The van der Waals surface area contributed by atoms with Crippen LogP contribution >= 0.6 is 0 Å². The second-order valence-corrected chi connectivity index (χ2v) is 7.36. The van der Waals surface area contributed by atoms with Crippen molar-refractivity contribution in [2.75, 3.05) is 33.9 Å². The number of benzene rings is 1. The van der Waals surface area contributed by atoms with Gasteiger partial charge in [0, 0.05) is 51.3 Å². The van der Waals surface area contributed by atoms with E-state index in [1.165, 1.54) is 7.11 Å². The highest BCUT2D eigenvalue weighted by Gasteiger charge is 2.24. The first-order valence-corrected chi connectivity index (χ1v) is 9.76. The van der Waals surface area contributed by atoms with Crippen LogP contribution in [0.2, 0.25) is 0 Å². The van der Waals surface area contributed by atoms with Gasteiger partial charge in [0.15, 0.2) is 0 Å². The molecule has 3 rings (SSSR count). The lowest BCUT2D eigenvalue weighted by Gasteiger charge is -2.32. The molecule has 2 aromatic rings. The number of aryl methyl sites for hydroxylation is 1. The van der Waals surface area contributed by atoms with Crippen molar-refractivity contribution in [2.24, 2.45) is 0 Å². The summed E-state index contributed by atoms with van der Waals surface area (Å²) in [5, 5.41) is 7.05. The molecule has 29 heavy (non-hydrogen) atoms. The van der Waals surface area contributed by atoms with Crippen LogP contribution in [0.5, 0.6) is 5.75 Å². The highest BCUT2D eigenvalue weighted by atomic mass is 16.5. The Labute approximate surface area is 170 Å². The lowest BCUT2D eigenvalue weighted by molar-refractivity contribution is -0.136. The highest BCUT2D eigenvalue weighted by Crippen LogP contribution is 2.20. The molecule has 0 saturated carbocycles. The summed E-state index contributed by atoms with van der Waals surface area (Å²) in [4.78, 5) is 27.9. The van der Waals surface area contributed by atoms with Gasteiger partial charge >= 0.3 is 0 Å². The number of hydrogen-bond donors (Lipinski definition) is 1. The maximum atomic E-state index is 12.6. The molecule has 8 nitrogen and oxygen atoms in total. The number of amides is 2. The van der Waals surface area contributed by atoms with Gasteiger partial charge in [0.25, 0.3) is 5.91 Å². The molecule has 8 heteroatoms. The summed E-state index contributed by atoms with van der Waals surface area (Å²) in [6.07, 6.45) is 1.62. The third kappa shape index (κ3) is 5.57. The quantitative estimate of drug-likeness (QED) is 0.768. The molecule has 1 aromatic heterocycles. The number of methoxy groups -OCH3 is 1. The number of carbonyl (C=O) groups excluding carboxylic acids is 2. The molecular weight excluding hydrogens is 372 g/mol. The number of H-pyrrole nitrogens is 1. The molecule has 0 spiro atoms. The predicted molar refractivity (Wildman–Crippen MR) is 108 cm³/mol. The SMILES string of the molecule is COCC(=O)N1CCC(Oc2ccc(C(=O)N(C)Cc3cc(C)[nH]n3)cc2)CC1. The van der Waals surface area contributed by atoms with Crippen LogP contribution in [0.4, 0.5) is 0 Å². The smallest absolute Gasteiger partial charge is 0.253 e. The van der Waals surface area contributed by atoms with E-state index in [9.17, 15) is 9.59 Å². The monoisotopic (exact) mass is 400 g/mol. The first-order chi connectivity index (χ1) is 14.0. The second kappa shape index (κ2) is 9.56. The normalized spacial score (nSPS) is 14.7. The largest absolute Gasteiger partial charge is 0.490 e. The minimum absolute atomic E-state index is 0.0166. The van der Waals surface area contributed by atoms with E-state index < -0.39 is 0 Å². The molecular formula is C21H28N4O4. The molecule has 1 saturated heterocycles. The zero-order chi connectivity index (χ0) is 20.8. The van der Waals surface area contributed by atoms with Crippen LogP contribution in [0, 0.1) is 6.92 Å². The zero-order valence-corrected chi connectivity index (χ0v) is 17.2. The fraction of sp³-hybridized carbons (Fsp3) is 0.476. The van der Waals surface area contributed by atoms with Crippen LogP contribution in [0.3, 0.4) is 0 Å². The predicted octanol–water partition coefficient (Wildman–Crippen LogP) is 2.01. The van der Waals surface area contributed by atoms with Gasteiger partial charge in [-0.25, -0.2) is 0 Å². The van der Waals surface area contributed by atoms with Crippen molar-refractivity contribution in [1.29, 1.82) is 0 Å².